The lowest BCUT2D eigenvalue weighted by atomic mass is 10.2. The number of carbonyl (C=O) groups is 1. The number of rotatable bonds is 2. The number of carbonyl (C=O) groups excluding carboxylic acids is 1. The zero-order valence-electron chi connectivity index (χ0n) is 9.68. The molecule has 0 radical (unpaired) electrons. The van der Waals surface area contributed by atoms with Crippen molar-refractivity contribution in [3.63, 3.8) is 0 Å². The highest BCUT2D eigenvalue weighted by Crippen LogP contribution is 2.14. The fourth-order valence-corrected chi connectivity index (χ4v) is 1.74. The number of nitrogens with two attached hydrogens (primary N) is 1. The van der Waals surface area contributed by atoms with Crippen molar-refractivity contribution in [3.8, 4) is 11.8 Å². The highest BCUT2D eigenvalue weighted by molar-refractivity contribution is 7.03. The molecule has 0 bridgehead atoms. The van der Waals surface area contributed by atoms with Crippen LogP contribution in [0.15, 0.2) is 23.6 Å². The molecule has 0 aliphatic carbocycles. The molecule has 0 unspecified atom stereocenters. The zero-order valence-corrected chi connectivity index (χ0v) is 10.5. The number of halogens is 1. The van der Waals surface area contributed by atoms with Crippen molar-refractivity contribution in [2.75, 3.05) is 11.9 Å². The summed E-state index contributed by atoms with van der Waals surface area (Å²) in [7, 11) is 0. The van der Waals surface area contributed by atoms with Crippen LogP contribution in [0.4, 0.5) is 10.1 Å². The third kappa shape index (κ3) is 3.34. The molecule has 5 nitrogen and oxygen atoms in total. The minimum Gasteiger partial charge on any atom is -0.321 e. The van der Waals surface area contributed by atoms with Crippen LogP contribution < -0.4 is 11.1 Å². The molecule has 1 amide bonds. The van der Waals surface area contributed by atoms with Crippen molar-refractivity contribution < 1.29 is 9.18 Å². The van der Waals surface area contributed by atoms with Crippen LogP contribution in [0, 0.1) is 17.7 Å². The average molecular weight is 276 g/mol. The summed E-state index contributed by atoms with van der Waals surface area (Å²) in [6, 6.07) is 4.12. The Hall–Kier alpha value is -2.30. The van der Waals surface area contributed by atoms with Gasteiger partial charge in [0.2, 0.25) is 0 Å². The van der Waals surface area contributed by atoms with Crippen LogP contribution in [-0.2, 0) is 0 Å². The van der Waals surface area contributed by atoms with Gasteiger partial charge in [0.25, 0.3) is 5.91 Å². The lowest BCUT2D eigenvalue weighted by Gasteiger charge is -2.04. The molecule has 0 aliphatic rings. The summed E-state index contributed by atoms with van der Waals surface area (Å²) in [5.74, 6) is 4.28. The summed E-state index contributed by atoms with van der Waals surface area (Å²) in [4.78, 5) is 11.7. The fourth-order valence-electron chi connectivity index (χ4n) is 1.30. The van der Waals surface area contributed by atoms with E-state index in [-0.39, 0.29) is 17.8 Å². The Morgan fingerprint density at radius 2 is 2.37 bits per heavy atom. The first-order valence-electron chi connectivity index (χ1n) is 5.27. The number of hydrogen-bond donors (Lipinski definition) is 2. The SMILES string of the molecule is NCC#Cc1cc(NC(=O)c2csnn2)ccc1F. The second-order valence-electron chi connectivity index (χ2n) is 3.44. The molecule has 3 N–H and O–H groups in total. The molecule has 96 valence electrons. The smallest absolute Gasteiger partial charge is 0.277 e. The van der Waals surface area contributed by atoms with Gasteiger partial charge < -0.3 is 11.1 Å². The van der Waals surface area contributed by atoms with Crippen LogP contribution in [0.3, 0.4) is 0 Å². The third-order valence-electron chi connectivity index (χ3n) is 2.14. The molecule has 0 saturated carbocycles. The van der Waals surface area contributed by atoms with Gasteiger partial charge in [0.05, 0.1) is 12.1 Å². The molecule has 0 spiro atoms. The van der Waals surface area contributed by atoms with Gasteiger partial charge in [0.15, 0.2) is 5.69 Å². The molecule has 0 saturated heterocycles. The van der Waals surface area contributed by atoms with Gasteiger partial charge >= 0.3 is 0 Å². The van der Waals surface area contributed by atoms with E-state index < -0.39 is 11.7 Å². The van der Waals surface area contributed by atoms with Gasteiger partial charge in [0, 0.05) is 11.1 Å². The average Bonchev–Trinajstić information content (AvgIpc) is 2.93. The summed E-state index contributed by atoms with van der Waals surface area (Å²) in [5, 5.41) is 7.75. The van der Waals surface area contributed by atoms with E-state index in [0.29, 0.717) is 5.69 Å². The normalized spacial score (nSPS) is 9.58. The summed E-state index contributed by atoms with van der Waals surface area (Å²) >= 11 is 1.08. The van der Waals surface area contributed by atoms with Crippen molar-refractivity contribution in [3.05, 3.63) is 40.7 Å². The first-order chi connectivity index (χ1) is 9.20. The molecule has 2 aromatic rings. The van der Waals surface area contributed by atoms with Gasteiger partial charge in [0.1, 0.15) is 5.82 Å². The van der Waals surface area contributed by atoms with Crippen LogP contribution in [0.1, 0.15) is 16.1 Å². The Bertz CT molecular complexity index is 645. The van der Waals surface area contributed by atoms with Gasteiger partial charge in [-0.3, -0.25) is 4.79 Å². The van der Waals surface area contributed by atoms with E-state index >= 15 is 0 Å². The van der Waals surface area contributed by atoms with Crippen molar-refractivity contribution in [1.82, 2.24) is 9.59 Å². The van der Waals surface area contributed by atoms with Crippen molar-refractivity contribution in [2.45, 2.75) is 0 Å². The van der Waals surface area contributed by atoms with Gasteiger partial charge in [-0.1, -0.05) is 16.3 Å². The number of benzene rings is 1. The number of nitrogens with one attached hydrogen (secondary N) is 1. The largest absolute Gasteiger partial charge is 0.321 e. The maximum Gasteiger partial charge on any atom is 0.277 e. The number of amides is 1. The first-order valence-corrected chi connectivity index (χ1v) is 6.11. The highest BCUT2D eigenvalue weighted by atomic mass is 32.1. The first kappa shape index (κ1) is 13.1. The molecule has 1 aromatic carbocycles. The maximum atomic E-state index is 13.4. The molecule has 0 fully saturated rings. The number of nitrogens with zero attached hydrogens (tertiary/aromatic N) is 2. The van der Waals surface area contributed by atoms with E-state index in [0.717, 1.165) is 11.5 Å². The monoisotopic (exact) mass is 276 g/mol. The second kappa shape index (κ2) is 6.04. The number of anilines is 1. The zero-order chi connectivity index (χ0) is 13.7. The molecule has 19 heavy (non-hydrogen) atoms. The van der Waals surface area contributed by atoms with Crippen LogP contribution in [0.2, 0.25) is 0 Å². The summed E-state index contributed by atoms with van der Waals surface area (Å²) in [6.07, 6.45) is 0. The molecule has 0 aliphatic heterocycles. The van der Waals surface area contributed by atoms with Crippen LogP contribution >= 0.6 is 11.5 Å². The molecular weight excluding hydrogens is 267 g/mol. The van der Waals surface area contributed by atoms with Gasteiger partial charge in [-0.15, -0.1) is 5.10 Å². The topological polar surface area (TPSA) is 80.9 Å². The minimum absolute atomic E-state index is 0.139. The summed E-state index contributed by atoms with van der Waals surface area (Å²) in [5.41, 5.74) is 6.05. The van der Waals surface area contributed by atoms with Gasteiger partial charge in [-0.05, 0) is 29.7 Å². The quantitative estimate of drug-likeness (QED) is 0.809. The Kier molecular flexibility index (Phi) is 4.18. The fraction of sp³-hybridized carbons (Fsp3) is 0.0833. The molecule has 7 heteroatoms. The lowest BCUT2D eigenvalue weighted by Crippen LogP contribution is -2.12. The summed E-state index contributed by atoms with van der Waals surface area (Å²) in [6.45, 7) is 0.139. The van der Waals surface area contributed by atoms with E-state index in [1.165, 1.54) is 23.6 Å². The molecule has 0 atom stereocenters. The van der Waals surface area contributed by atoms with Crippen molar-refractivity contribution >= 4 is 23.1 Å². The van der Waals surface area contributed by atoms with E-state index in [9.17, 15) is 9.18 Å². The predicted molar refractivity (Wildman–Crippen MR) is 70.2 cm³/mol. The molecule has 1 heterocycles. The van der Waals surface area contributed by atoms with E-state index in [2.05, 4.69) is 26.7 Å². The van der Waals surface area contributed by atoms with Crippen molar-refractivity contribution in [2.24, 2.45) is 5.73 Å². The standard InChI is InChI=1S/C12H9FN4OS/c13-10-4-3-9(6-8(10)2-1-5-14)15-12(18)11-7-19-17-16-11/h3-4,6-7H,5,14H2,(H,15,18). The minimum atomic E-state index is -0.464. The molecular formula is C12H9FN4OS. The molecule has 1 aromatic heterocycles. The maximum absolute atomic E-state index is 13.4. The van der Waals surface area contributed by atoms with E-state index in [4.69, 9.17) is 5.73 Å². The van der Waals surface area contributed by atoms with Gasteiger partial charge in [-0.2, -0.15) is 0 Å². The van der Waals surface area contributed by atoms with Crippen LogP contribution in [-0.4, -0.2) is 22.0 Å². The third-order valence-corrected chi connectivity index (χ3v) is 2.65. The Labute approximate surface area is 112 Å². The second-order valence-corrected chi connectivity index (χ2v) is 4.05. The van der Waals surface area contributed by atoms with Crippen LogP contribution in [0.5, 0.6) is 0 Å². The predicted octanol–water partition coefficient (Wildman–Crippen LogP) is 1.24. The Morgan fingerprint density at radius 3 is 3.05 bits per heavy atom. The van der Waals surface area contributed by atoms with E-state index in [1.54, 1.807) is 0 Å². The Balaban J connectivity index is 2.19. The van der Waals surface area contributed by atoms with Gasteiger partial charge in [-0.25, -0.2) is 4.39 Å². The van der Waals surface area contributed by atoms with Crippen LogP contribution in [0.25, 0.3) is 0 Å². The van der Waals surface area contributed by atoms with Crippen molar-refractivity contribution in [1.29, 1.82) is 0 Å². The highest BCUT2D eigenvalue weighted by Gasteiger charge is 2.10. The Morgan fingerprint density at radius 1 is 1.53 bits per heavy atom. The number of hydrogen-bond acceptors (Lipinski definition) is 5. The molecule has 2 rings (SSSR count). The number of aromatic nitrogens is 2. The van der Waals surface area contributed by atoms with E-state index in [1.807, 2.05) is 0 Å². The summed E-state index contributed by atoms with van der Waals surface area (Å²) < 4.78 is 17.0. The lowest BCUT2D eigenvalue weighted by molar-refractivity contribution is 0.102.